The number of rotatable bonds is 3. The molecule has 4 heteroatoms. The summed E-state index contributed by atoms with van der Waals surface area (Å²) in [6.07, 6.45) is 0. The molecule has 0 N–H and O–H groups in total. The van der Waals surface area contributed by atoms with Crippen LogP contribution in [0.1, 0.15) is 5.56 Å². The van der Waals surface area contributed by atoms with Gasteiger partial charge in [-0.2, -0.15) is 11.3 Å². The van der Waals surface area contributed by atoms with Crippen LogP contribution in [0.25, 0.3) is 0 Å². The van der Waals surface area contributed by atoms with E-state index in [2.05, 4.69) is 0 Å². The molecule has 0 fully saturated rings. The van der Waals surface area contributed by atoms with Crippen molar-refractivity contribution < 1.29 is 9.53 Å². The summed E-state index contributed by atoms with van der Waals surface area (Å²) in [6.45, 7) is 0.328. The zero-order valence-corrected chi connectivity index (χ0v) is 7.32. The third kappa shape index (κ3) is 2.91. The van der Waals surface area contributed by atoms with Crippen molar-refractivity contribution in [1.29, 1.82) is 0 Å². The van der Waals surface area contributed by atoms with Crippen molar-refractivity contribution in [3.8, 4) is 0 Å². The standard InChI is InChI=1S/C7H7ClO2S/c8-3-7(9)10-4-6-1-2-11-5-6/h1-2,5H,3-4H2. The predicted molar refractivity (Wildman–Crippen MR) is 44.8 cm³/mol. The summed E-state index contributed by atoms with van der Waals surface area (Å²) in [5, 5.41) is 3.87. The Morgan fingerprint density at radius 3 is 3.09 bits per heavy atom. The number of alkyl halides is 1. The number of carbonyl (C=O) groups is 1. The van der Waals surface area contributed by atoms with Gasteiger partial charge >= 0.3 is 5.97 Å². The van der Waals surface area contributed by atoms with Crippen molar-refractivity contribution in [2.75, 3.05) is 5.88 Å². The molecule has 0 amide bonds. The van der Waals surface area contributed by atoms with Gasteiger partial charge in [-0.05, 0) is 16.8 Å². The highest BCUT2D eigenvalue weighted by Crippen LogP contribution is 2.06. The topological polar surface area (TPSA) is 26.3 Å². The lowest BCUT2D eigenvalue weighted by Gasteiger charge is -1.98. The molecular weight excluding hydrogens is 184 g/mol. The minimum atomic E-state index is -0.377. The van der Waals surface area contributed by atoms with E-state index in [0.29, 0.717) is 6.61 Å². The average molecular weight is 191 g/mol. The van der Waals surface area contributed by atoms with Crippen molar-refractivity contribution in [1.82, 2.24) is 0 Å². The average Bonchev–Trinajstić information content (AvgIpc) is 2.52. The van der Waals surface area contributed by atoms with Gasteiger partial charge in [0.25, 0.3) is 0 Å². The fourth-order valence-corrected chi connectivity index (χ4v) is 1.31. The van der Waals surface area contributed by atoms with Crippen LogP contribution < -0.4 is 0 Å². The largest absolute Gasteiger partial charge is 0.460 e. The number of ether oxygens (including phenoxy) is 1. The number of hydrogen-bond acceptors (Lipinski definition) is 3. The fourth-order valence-electron chi connectivity index (χ4n) is 0.577. The zero-order valence-electron chi connectivity index (χ0n) is 5.75. The Bertz CT molecular complexity index is 220. The van der Waals surface area contributed by atoms with E-state index in [0.717, 1.165) is 5.56 Å². The van der Waals surface area contributed by atoms with E-state index >= 15 is 0 Å². The van der Waals surface area contributed by atoms with E-state index in [-0.39, 0.29) is 11.8 Å². The van der Waals surface area contributed by atoms with Crippen LogP contribution in [-0.2, 0) is 16.1 Å². The molecule has 0 aromatic carbocycles. The first-order valence-corrected chi connectivity index (χ1v) is 4.53. The number of carbonyl (C=O) groups excluding carboxylic acids is 1. The number of halogens is 1. The summed E-state index contributed by atoms with van der Waals surface area (Å²) in [4.78, 5) is 10.6. The molecule has 1 heterocycles. The van der Waals surface area contributed by atoms with Crippen LogP contribution in [0.5, 0.6) is 0 Å². The molecule has 0 saturated heterocycles. The van der Waals surface area contributed by atoms with Gasteiger partial charge in [-0.1, -0.05) is 0 Å². The summed E-state index contributed by atoms with van der Waals surface area (Å²) in [5.74, 6) is -0.456. The van der Waals surface area contributed by atoms with Gasteiger partial charge in [0.1, 0.15) is 12.5 Å². The van der Waals surface area contributed by atoms with E-state index < -0.39 is 0 Å². The molecule has 0 bridgehead atoms. The fraction of sp³-hybridized carbons (Fsp3) is 0.286. The zero-order chi connectivity index (χ0) is 8.10. The summed E-state index contributed by atoms with van der Waals surface area (Å²) in [5.41, 5.74) is 1.01. The Labute approximate surface area is 73.7 Å². The quantitative estimate of drug-likeness (QED) is 0.539. The minimum absolute atomic E-state index is 0.0792. The van der Waals surface area contributed by atoms with Gasteiger partial charge in [-0.25, -0.2) is 0 Å². The molecule has 1 aromatic rings. The van der Waals surface area contributed by atoms with Gasteiger partial charge in [-0.15, -0.1) is 11.6 Å². The van der Waals surface area contributed by atoms with Gasteiger partial charge in [-0.3, -0.25) is 4.79 Å². The van der Waals surface area contributed by atoms with E-state index in [9.17, 15) is 4.79 Å². The Morgan fingerprint density at radius 2 is 2.55 bits per heavy atom. The molecule has 0 atom stereocenters. The minimum Gasteiger partial charge on any atom is -0.460 e. The van der Waals surface area contributed by atoms with Crippen LogP contribution in [0.4, 0.5) is 0 Å². The molecule has 0 radical (unpaired) electrons. The lowest BCUT2D eigenvalue weighted by atomic mass is 10.4. The Kier molecular flexibility index (Phi) is 3.39. The monoisotopic (exact) mass is 190 g/mol. The number of esters is 1. The van der Waals surface area contributed by atoms with Crippen LogP contribution in [0.3, 0.4) is 0 Å². The second-order valence-corrected chi connectivity index (χ2v) is 2.97. The first kappa shape index (κ1) is 8.56. The van der Waals surface area contributed by atoms with Crippen molar-refractivity contribution in [3.05, 3.63) is 22.4 Å². The predicted octanol–water partition coefficient (Wildman–Crippen LogP) is 2.03. The van der Waals surface area contributed by atoms with Crippen LogP contribution in [-0.4, -0.2) is 11.8 Å². The van der Waals surface area contributed by atoms with Gasteiger partial charge in [0.2, 0.25) is 0 Å². The maximum atomic E-state index is 10.6. The molecule has 0 aliphatic rings. The molecule has 0 saturated carbocycles. The van der Waals surface area contributed by atoms with Crippen LogP contribution in [0, 0.1) is 0 Å². The first-order chi connectivity index (χ1) is 5.33. The smallest absolute Gasteiger partial charge is 0.321 e. The molecule has 2 nitrogen and oxygen atoms in total. The maximum absolute atomic E-state index is 10.6. The van der Waals surface area contributed by atoms with Crippen LogP contribution in [0.15, 0.2) is 16.8 Å². The highest BCUT2D eigenvalue weighted by atomic mass is 35.5. The lowest BCUT2D eigenvalue weighted by molar-refractivity contribution is -0.141. The second kappa shape index (κ2) is 4.36. The highest BCUT2D eigenvalue weighted by molar-refractivity contribution is 7.07. The van der Waals surface area contributed by atoms with Crippen molar-refractivity contribution >= 4 is 28.9 Å². The molecule has 0 spiro atoms. The molecule has 1 rings (SSSR count). The van der Waals surface area contributed by atoms with E-state index in [1.165, 1.54) is 0 Å². The van der Waals surface area contributed by atoms with Gasteiger partial charge in [0.05, 0.1) is 0 Å². The maximum Gasteiger partial charge on any atom is 0.321 e. The van der Waals surface area contributed by atoms with Crippen LogP contribution >= 0.6 is 22.9 Å². The highest BCUT2D eigenvalue weighted by Gasteiger charge is 1.99. The summed E-state index contributed by atoms with van der Waals surface area (Å²) >= 11 is 6.79. The summed E-state index contributed by atoms with van der Waals surface area (Å²) < 4.78 is 4.77. The van der Waals surface area contributed by atoms with Crippen LogP contribution in [0.2, 0.25) is 0 Å². The summed E-state index contributed by atoms with van der Waals surface area (Å²) in [6, 6.07) is 1.91. The lowest BCUT2D eigenvalue weighted by Crippen LogP contribution is -2.04. The third-order valence-corrected chi connectivity index (χ3v) is 2.04. The molecule has 60 valence electrons. The molecule has 0 aliphatic heterocycles. The van der Waals surface area contributed by atoms with Gasteiger partial charge < -0.3 is 4.74 Å². The molecule has 0 aliphatic carbocycles. The SMILES string of the molecule is O=C(CCl)OCc1ccsc1. The van der Waals surface area contributed by atoms with E-state index in [1.807, 2.05) is 16.8 Å². The van der Waals surface area contributed by atoms with E-state index in [4.69, 9.17) is 16.3 Å². The first-order valence-electron chi connectivity index (χ1n) is 3.05. The van der Waals surface area contributed by atoms with Crippen molar-refractivity contribution in [2.45, 2.75) is 6.61 Å². The molecule has 11 heavy (non-hydrogen) atoms. The molecular formula is C7H7ClO2S. The normalized spacial score (nSPS) is 9.55. The molecule has 0 unspecified atom stereocenters. The number of thiophene rings is 1. The Balaban J connectivity index is 2.29. The number of hydrogen-bond donors (Lipinski definition) is 0. The Morgan fingerprint density at radius 1 is 1.73 bits per heavy atom. The molecule has 1 aromatic heterocycles. The van der Waals surface area contributed by atoms with Gasteiger partial charge in [0.15, 0.2) is 0 Å². The third-order valence-electron chi connectivity index (χ3n) is 1.09. The Hall–Kier alpha value is -0.540. The summed E-state index contributed by atoms with van der Waals surface area (Å²) in [7, 11) is 0. The van der Waals surface area contributed by atoms with Crippen molar-refractivity contribution in [2.24, 2.45) is 0 Å². The van der Waals surface area contributed by atoms with Crippen molar-refractivity contribution in [3.63, 3.8) is 0 Å². The van der Waals surface area contributed by atoms with Gasteiger partial charge in [0, 0.05) is 5.56 Å². The second-order valence-electron chi connectivity index (χ2n) is 1.93. The van der Waals surface area contributed by atoms with E-state index in [1.54, 1.807) is 11.3 Å².